The van der Waals surface area contributed by atoms with Crippen molar-refractivity contribution in [3.05, 3.63) is 32.8 Å². The molecule has 0 unspecified atom stereocenters. The van der Waals surface area contributed by atoms with E-state index in [4.69, 9.17) is 5.73 Å². The van der Waals surface area contributed by atoms with Gasteiger partial charge in [-0.05, 0) is 36.3 Å². The predicted molar refractivity (Wildman–Crippen MR) is 91.5 cm³/mol. The van der Waals surface area contributed by atoms with Crippen molar-refractivity contribution in [2.75, 3.05) is 5.32 Å². The molecule has 0 aromatic carbocycles. The fraction of sp³-hybridized carbons (Fsp3) is 0.357. The first-order valence-corrected chi connectivity index (χ1v) is 9.24. The number of nitrogens with two attached hydrogens (primary N) is 1. The third-order valence-corrected chi connectivity index (χ3v) is 6.20. The van der Waals surface area contributed by atoms with Crippen LogP contribution in [-0.4, -0.2) is 10.4 Å². The number of hydrogen-bond acceptors (Lipinski definition) is 6. The Kier molecular flexibility index (Phi) is 4.72. The molecule has 3 nitrogen and oxygen atoms in total. The lowest BCUT2D eigenvalue weighted by Crippen LogP contribution is -2.17. The standard InChI is InChI=1S/C14H15F2N3S3/c1-7(17)5-9-10(13(15)16)11-12(21-9)14(22-19-11)18-6-8-3-2-4-20-8/h2-4,7,13,18H,5-6,17H2,1H3/t7-/m0/s1. The molecule has 0 bridgehead atoms. The lowest BCUT2D eigenvalue weighted by atomic mass is 10.1. The minimum atomic E-state index is -2.52. The minimum Gasteiger partial charge on any atom is -0.370 e. The number of anilines is 1. The molecule has 0 saturated carbocycles. The molecule has 0 aliphatic rings. The van der Waals surface area contributed by atoms with Gasteiger partial charge in [0.15, 0.2) is 0 Å². The molecule has 22 heavy (non-hydrogen) atoms. The van der Waals surface area contributed by atoms with E-state index in [-0.39, 0.29) is 11.6 Å². The number of nitrogens with one attached hydrogen (secondary N) is 1. The first-order valence-electron chi connectivity index (χ1n) is 6.77. The summed E-state index contributed by atoms with van der Waals surface area (Å²) >= 11 is 4.28. The van der Waals surface area contributed by atoms with Crippen molar-refractivity contribution in [2.24, 2.45) is 5.73 Å². The topological polar surface area (TPSA) is 50.9 Å². The molecular weight excluding hydrogens is 344 g/mol. The van der Waals surface area contributed by atoms with Crippen molar-refractivity contribution >= 4 is 49.4 Å². The van der Waals surface area contributed by atoms with Crippen LogP contribution in [0.15, 0.2) is 17.5 Å². The minimum absolute atomic E-state index is 0.0534. The average molecular weight is 359 g/mol. The van der Waals surface area contributed by atoms with Gasteiger partial charge in [-0.3, -0.25) is 0 Å². The molecule has 0 saturated heterocycles. The highest BCUT2D eigenvalue weighted by molar-refractivity contribution is 7.24. The lowest BCUT2D eigenvalue weighted by molar-refractivity contribution is 0.152. The van der Waals surface area contributed by atoms with Gasteiger partial charge in [0.1, 0.15) is 10.5 Å². The molecule has 0 radical (unpaired) electrons. The van der Waals surface area contributed by atoms with Gasteiger partial charge in [0.25, 0.3) is 6.43 Å². The predicted octanol–water partition coefficient (Wildman–Crippen LogP) is 4.86. The molecule has 3 heterocycles. The smallest absolute Gasteiger partial charge is 0.267 e. The van der Waals surface area contributed by atoms with E-state index in [0.717, 1.165) is 9.70 Å². The molecule has 0 aliphatic carbocycles. The Bertz CT molecular complexity index is 747. The Morgan fingerprint density at radius 1 is 1.41 bits per heavy atom. The summed E-state index contributed by atoms with van der Waals surface area (Å²) in [6.45, 7) is 2.51. The van der Waals surface area contributed by atoms with Crippen LogP contribution < -0.4 is 11.1 Å². The number of alkyl halides is 2. The summed E-state index contributed by atoms with van der Waals surface area (Å²) < 4.78 is 31.8. The van der Waals surface area contributed by atoms with Crippen molar-refractivity contribution in [1.82, 2.24) is 4.37 Å². The van der Waals surface area contributed by atoms with Crippen LogP contribution in [0.1, 0.15) is 28.7 Å². The number of nitrogens with zero attached hydrogens (tertiary/aromatic N) is 1. The number of halogens is 2. The molecule has 1 atom stereocenters. The van der Waals surface area contributed by atoms with Gasteiger partial charge in [-0.25, -0.2) is 8.78 Å². The summed E-state index contributed by atoms with van der Waals surface area (Å²) in [5.41, 5.74) is 6.25. The lowest BCUT2D eigenvalue weighted by Gasteiger charge is -2.05. The van der Waals surface area contributed by atoms with Crippen molar-refractivity contribution in [1.29, 1.82) is 0 Å². The van der Waals surface area contributed by atoms with Crippen LogP contribution >= 0.6 is 34.2 Å². The maximum atomic E-state index is 13.4. The van der Waals surface area contributed by atoms with Gasteiger partial charge in [0.05, 0.1) is 16.8 Å². The van der Waals surface area contributed by atoms with Gasteiger partial charge in [-0.1, -0.05) is 6.07 Å². The van der Waals surface area contributed by atoms with E-state index < -0.39 is 6.43 Å². The van der Waals surface area contributed by atoms with Crippen LogP contribution in [0.2, 0.25) is 0 Å². The van der Waals surface area contributed by atoms with Crippen molar-refractivity contribution in [3.63, 3.8) is 0 Å². The highest BCUT2D eigenvalue weighted by atomic mass is 32.1. The third kappa shape index (κ3) is 3.15. The second kappa shape index (κ2) is 6.57. The Morgan fingerprint density at radius 2 is 2.23 bits per heavy atom. The van der Waals surface area contributed by atoms with Crippen molar-refractivity contribution < 1.29 is 8.78 Å². The van der Waals surface area contributed by atoms with Gasteiger partial charge < -0.3 is 11.1 Å². The highest BCUT2D eigenvalue weighted by Crippen LogP contribution is 2.43. The van der Waals surface area contributed by atoms with Crippen molar-refractivity contribution in [2.45, 2.75) is 32.4 Å². The van der Waals surface area contributed by atoms with E-state index in [9.17, 15) is 8.78 Å². The van der Waals surface area contributed by atoms with Crippen LogP contribution in [-0.2, 0) is 13.0 Å². The molecule has 118 valence electrons. The fourth-order valence-electron chi connectivity index (χ4n) is 2.22. The van der Waals surface area contributed by atoms with E-state index >= 15 is 0 Å². The van der Waals surface area contributed by atoms with Crippen LogP contribution in [0, 0.1) is 0 Å². The summed E-state index contributed by atoms with van der Waals surface area (Å²) in [5, 5.41) is 6.17. The highest BCUT2D eigenvalue weighted by Gasteiger charge is 2.24. The monoisotopic (exact) mass is 359 g/mol. The second-order valence-corrected chi connectivity index (χ2v) is 7.95. The van der Waals surface area contributed by atoms with Crippen LogP contribution in [0.4, 0.5) is 13.8 Å². The number of aromatic nitrogens is 1. The molecular formula is C14H15F2N3S3. The number of thiophene rings is 2. The molecule has 3 aromatic rings. The molecule has 3 N–H and O–H groups in total. The Hall–Kier alpha value is -1.09. The summed E-state index contributed by atoms with van der Waals surface area (Å²) in [5.74, 6) is 0. The molecule has 0 aliphatic heterocycles. The van der Waals surface area contributed by atoms with Gasteiger partial charge >= 0.3 is 0 Å². The number of hydrogen-bond donors (Lipinski definition) is 2. The van der Waals surface area contributed by atoms with E-state index in [1.807, 2.05) is 24.4 Å². The Morgan fingerprint density at radius 3 is 2.86 bits per heavy atom. The maximum absolute atomic E-state index is 13.4. The molecule has 0 spiro atoms. The summed E-state index contributed by atoms with van der Waals surface area (Å²) in [6.07, 6.45) is -2.06. The number of fused-ring (bicyclic) bond motifs is 1. The molecule has 3 aromatic heterocycles. The summed E-state index contributed by atoms with van der Waals surface area (Å²) in [4.78, 5) is 1.84. The maximum Gasteiger partial charge on any atom is 0.267 e. The first kappa shape index (κ1) is 15.8. The summed E-state index contributed by atoms with van der Waals surface area (Å²) in [6, 6.07) is 3.88. The normalized spacial score (nSPS) is 13.1. The molecule has 0 fully saturated rings. The Labute approximate surface area is 138 Å². The first-order chi connectivity index (χ1) is 10.6. The van der Waals surface area contributed by atoms with Gasteiger partial charge in [0, 0.05) is 15.8 Å². The van der Waals surface area contributed by atoms with Crippen LogP contribution in [0.5, 0.6) is 0 Å². The zero-order valence-corrected chi connectivity index (χ0v) is 14.3. The van der Waals surface area contributed by atoms with Gasteiger partial charge in [-0.2, -0.15) is 4.37 Å². The number of rotatable bonds is 6. The average Bonchev–Trinajstić information content (AvgIpc) is 3.11. The molecule has 8 heteroatoms. The van der Waals surface area contributed by atoms with E-state index in [1.165, 1.54) is 27.7 Å². The second-order valence-electron chi connectivity index (χ2n) is 5.04. The quantitative estimate of drug-likeness (QED) is 0.661. The Balaban J connectivity index is 1.92. The molecule has 0 amide bonds. The van der Waals surface area contributed by atoms with Gasteiger partial charge in [-0.15, -0.1) is 22.7 Å². The van der Waals surface area contributed by atoms with E-state index in [2.05, 4.69) is 9.69 Å². The van der Waals surface area contributed by atoms with Gasteiger partial charge in [0.2, 0.25) is 0 Å². The molecule has 3 rings (SSSR count). The zero-order valence-electron chi connectivity index (χ0n) is 11.8. The van der Waals surface area contributed by atoms with Crippen LogP contribution in [0.3, 0.4) is 0 Å². The van der Waals surface area contributed by atoms with Crippen molar-refractivity contribution in [3.8, 4) is 0 Å². The van der Waals surface area contributed by atoms with Crippen LogP contribution in [0.25, 0.3) is 10.2 Å². The summed E-state index contributed by atoms with van der Waals surface area (Å²) in [7, 11) is 0. The largest absolute Gasteiger partial charge is 0.370 e. The zero-order chi connectivity index (χ0) is 15.7. The third-order valence-electron chi connectivity index (χ3n) is 3.16. The van der Waals surface area contributed by atoms with E-state index in [1.54, 1.807) is 11.3 Å². The SMILES string of the molecule is C[C@H](N)Cc1sc2c(NCc3cccs3)snc2c1C(F)F. The fourth-order valence-corrected chi connectivity index (χ4v) is 5.15. The van der Waals surface area contributed by atoms with E-state index in [0.29, 0.717) is 23.4 Å².